The van der Waals surface area contributed by atoms with E-state index in [4.69, 9.17) is 10.5 Å². The first-order valence-corrected chi connectivity index (χ1v) is 6.58. The smallest absolute Gasteiger partial charge is 0.126 e. The Kier molecular flexibility index (Phi) is 3.62. The number of hydrogen-bond acceptors (Lipinski definition) is 2. The molecule has 1 aromatic carbocycles. The molecule has 1 saturated carbocycles. The summed E-state index contributed by atoms with van der Waals surface area (Å²) in [5.41, 5.74) is 7.31. The fourth-order valence-electron chi connectivity index (χ4n) is 2.60. The van der Waals surface area contributed by atoms with E-state index in [2.05, 4.69) is 13.8 Å². The third kappa shape index (κ3) is 2.66. The maximum Gasteiger partial charge on any atom is 0.126 e. The molecule has 100 valence electrons. The lowest BCUT2D eigenvalue weighted by molar-refractivity contribution is 0.0561. The molecular formula is C15H22FNO. The van der Waals surface area contributed by atoms with Crippen LogP contribution >= 0.6 is 0 Å². The Bertz CT molecular complexity index is 431. The molecule has 2 N–H and O–H groups in total. The first-order valence-electron chi connectivity index (χ1n) is 6.58. The van der Waals surface area contributed by atoms with E-state index in [0.717, 1.165) is 24.8 Å². The molecule has 0 aromatic heterocycles. The van der Waals surface area contributed by atoms with Crippen molar-refractivity contribution in [3.63, 3.8) is 0 Å². The van der Waals surface area contributed by atoms with Crippen LogP contribution in [0.4, 0.5) is 4.39 Å². The van der Waals surface area contributed by atoms with Crippen molar-refractivity contribution in [1.82, 2.24) is 0 Å². The lowest BCUT2D eigenvalue weighted by atomic mass is 9.72. The molecule has 0 bridgehead atoms. The standard InChI is InChI=1S/C15H22FNO/c1-10-6-7-11(16)9-13(10)18-12-5-4-8-15(2,3)14(12)17/h6-7,9,12,14H,4-5,8,17H2,1-3H3. The Balaban J connectivity index is 2.15. The SMILES string of the molecule is Cc1ccc(F)cc1OC1CCCC(C)(C)C1N. The Morgan fingerprint density at radius 2 is 2.11 bits per heavy atom. The van der Waals surface area contributed by atoms with Crippen molar-refractivity contribution in [2.24, 2.45) is 11.1 Å². The molecule has 1 aliphatic carbocycles. The van der Waals surface area contributed by atoms with Crippen molar-refractivity contribution in [2.75, 3.05) is 0 Å². The van der Waals surface area contributed by atoms with E-state index < -0.39 is 0 Å². The predicted octanol–water partition coefficient (Wildman–Crippen LogP) is 3.42. The van der Waals surface area contributed by atoms with E-state index in [0.29, 0.717) is 5.75 Å². The Morgan fingerprint density at radius 1 is 1.39 bits per heavy atom. The maximum atomic E-state index is 13.2. The average molecular weight is 251 g/mol. The summed E-state index contributed by atoms with van der Waals surface area (Å²) in [6, 6.07) is 4.63. The van der Waals surface area contributed by atoms with E-state index in [9.17, 15) is 4.39 Å². The summed E-state index contributed by atoms with van der Waals surface area (Å²) in [7, 11) is 0. The topological polar surface area (TPSA) is 35.2 Å². The van der Waals surface area contributed by atoms with Gasteiger partial charge in [0.1, 0.15) is 17.7 Å². The van der Waals surface area contributed by atoms with E-state index in [1.165, 1.54) is 12.1 Å². The predicted molar refractivity (Wildman–Crippen MR) is 71.2 cm³/mol. The quantitative estimate of drug-likeness (QED) is 0.874. The van der Waals surface area contributed by atoms with Crippen LogP contribution < -0.4 is 10.5 Å². The van der Waals surface area contributed by atoms with Gasteiger partial charge in [-0.15, -0.1) is 0 Å². The summed E-state index contributed by atoms with van der Waals surface area (Å²) >= 11 is 0. The Hall–Kier alpha value is -1.09. The second-order valence-electron chi connectivity index (χ2n) is 5.97. The van der Waals surface area contributed by atoms with Crippen LogP contribution in [0.25, 0.3) is 0 Å². The fraction of sp³-hybridized carbons (Fsp3) is 0.600. The molecule has 1 aliphatic rings. The van der Waals surface area contributed by atoms with E-state index in [1.54, 1.807) is 6.07 Å². The third-order valence-electron chi connectivity index (χ3n) is 4.04. The number of rotatable bonds is 2. The summed E-state index contributed by atoms with van der Waals surface area (Å²) < 4.78 is 19.2. The van der Waals surface area contributed by atoms with Gasteiger partial charge in [0.25, 0.3) is 0 Å². The number of hydrogen-bond donors (Lipinski definition) is 1. The highest BCUT2D eigenvalue weighted by atomic mass is 19.1. The average Bonchev–Trinajstić information content (AvgIpc) is 2.30. The van der Waals surface area contributed by atoms with Crippen molar-refractivity contribution in [3.8, 4) is 5.75 Å². The van der Waals surface area contributed by atoms with Gasteiger partial charge in [0, 0.05) is 12.1 Å². The second kappa shape index (κ2) is 4.88. The van der Waals surface area contributed by atoms with Gasteiger partial charge in [-0.2, -0.15) is 0 Å². The second-order valence-corrected chi connectivity index (χ2v) is 5.97. The summed E-state index contributed by atoms with van der Waals surface area (Å²) in [6.45, 7) is 6.27. The van der Waals surface area contributed by atoms with E-state index in [-0.39, 0.29) is 23.4 Å². The van der Waals surface area contributed by atoms with Crippen molar-refractivity contribution in [3.05, 3.63) is 29.6 Å². The summed E-state index contributed by atoms with van der Waals surface area (Å²) in [4.78, 5) is 0. The number of ether oxygens (including phenoxy) is 1. The van der Waals surface area contributed by atoms with Gasteiger partial charge in [0.05, 0.1) is 0 Å². The highest BCUT2D eigenvalue weighted by Crippen LogP contribution is 2.36. The van der Waals surface area contributed by atoms with Gasteiger partial charge in [-0.3, -0.25) is 0 Å². The number of halogens is 1. The molecular weight excluding hydrogens is 229 g/mol. The van der Waals surface area contributed by atoms with Crippen LogP contribution in [0.15, 0.2) is 18.2 Å². The highest BCUT2D eigenvalue weighted by Gasteiger charge is 2.37. The number of aryl methyl sites for hydroxylation is 1. The van der Waals surface area contributed by atoms with Crippen molar-refractivity contribution < 1.29 is 9.13 Å². The van der Waals surface area contributed by atoms with Crippen LogP contribution in [0.3, 0.4) is 0 Å². The fourth-order valence-corrected chi connectivity index (χ4v) is 2.60. The maximum absolute atomic E-state index is 13.2. The molecule has 2 unspecified atom stereocenters. The summed E-state index contributed by atoms with van der Waals surface area (Å²) in [5, 5.41) is 0. The zero-order chi connectivity index (χ0) is 13.3. The van der Waals surface area contributed by atoms with E-state index >= 15 is 0 Å². The first kappa shape index (κ1) is 13.3. The Labute approximate surface area is 108 Å². The van der Waals surface area contributed by atoms with Crippen LogP contribution in [-0.2, 0) is 0 Å². The van der Waals surface area contributed by atoms with Gasteiger partial charge in [-0.05, 0) is 43.2 Å². The first-order chi connectivity index (χ1) is 8.40. The minimum Gasteiger partial charge on any atom is -0.488 e. The molecule has 0 radical (unpaired) electrons. The minimum atomic E-state index is -0.265. The lowest BCUT2D eigenvalue weighted by Crippen LogP contribution is -2.52. The van der Waals surface area contributed by atoms with Gasteiger partial charge in [-0.25, -0.2) is 4.39 Å². The number of benzene rings is 1. The van der Waals surface area contributed by atoms with Crippen molar-refractivity contribution >= 4 is 0 Å². The monoisotopic (exact) mass is 251 g/mol. The van der Waals surface area contributed by atoms with E-state index in [1.807, 2.05) is 6.92 Å². The van der Waals surface area contributed by atoms with Gasteiger partial charge >= 0.3 is 0 Å². The van der Waals surface area contributed by atoms with Crippen molar-refractivity contribution in [1.29, 1.82) is 0 Å². The normalized spacial score (nSPS) is 26.9. The molecule has 1 fully saturated rings. The third-order valence-corrected chi connectivity index (χ3v) is 4.04. The summed E-state index contributed by atoms with van der Waals surface area (Å²) in [5.74, 6) is 0.354. The van der Waals surface area contributed by atoms with Crippen LogP contribution in [-0.4, -0.2) is 12.1 Å². The minimum absolute atomic E-state index is 0.00563. The molecule has 2 atom stereocenters. The summed E-state index contributed by atoms with van der Waals surface area (Å²) in [6.07, 6.45) is 3.16. The molecule has 2 nitrogen and oxygen atoms in total. The zero-order valence-electron chi connectivity index (χ0n) is 11.4. The Morgan fingerprint density at radius 3 is 2.83 bits per heavy atom. The molecule has 1 aromatic rings. The molecule has 0 amide bonds. The molecule has 0 saturated heterocycles. The molecule has 0 spiro atoms. The molecule has 0 aliphatic heterocycles. The molecule has 18 heavy (non-hydrogen) atoms. The van der Waals surface area contributed by atoms with Crippen LogP contribution in [0.1, 0.15) is 38.7 Å². The lowest BCUT2D eigenvalue weighted by Gasteiger charge is -2.41. The molecule has 2 rings (SSSR count). The van der Waals surface area contributed by atoms with Gasteiger partial charge in [0.15, 0.2) is 0 Å². The van der Waals surface area contributed by atoms with Crippen molar-refractivity contribution in [2.45, 2.75) is 52.2 Å². The largest absolute Gasteiger partial charge is 0.488 e. The molecule has 3 heteroatoms. The van der Waals surface area contributed by atoms with Gasteiger partial charge in [-0.1, -0.05) is 19.9 Å². The van der Waals surface area contributed by atoms with Crippen LogP contribution in [0.2, 0.25) is 0 Å². The highest BCUT2D eigenvalue weighted by molar-refractivity contribution is 5.33. The van der Waals surface area contributed by atoms with Crippen LogP contribution in [0.5, 0.6) is 5.75 Å². The van der Waals surface area contributed by atoms with Crippen LogP contribution in [0, 0.1) is 18.2 Å². The zero-order valence-corrected chi connectivity index (χ0v) is 11.4. The van der Waals surface area contributed by atoms with Gasteiger partial charge in [0.2, 0.25) is 0 Å². The van der Waals surface area contributed by atoms with Gasteiger partial charge < -0.3 is 10.5 Å². The number of nitrogens with two attached hydrogens (primary N) is 1. The molecule has 0 heterocycles.